The smallest absolute Gasteiger partial charge is 0.254 e. The summed E-state index contributed by atoms with van der Waals surface area (Å²) in [6.07, 6.45) is 6.34. The number of aromatic nitrogens is 4. The highest BCUT2D eigenvalue weighted by Crippen LogP contribution is 2.22. The van der Waals surface area contributed by atoms with Gasteiger partial charge in [0.2, 0.25) is 5.91 Å². The lowest BCUT2D eigenvalue weighted by atomic mass is 9.90. The van der Waals surface area contributed by atoms with Crippen molar-refractivity contribution < 1.29 is 9.59 Å². The Bertz CT molecular complexity index is 922. The van der Waals surface area contributed by atoms with E-state index in [9.17, 15) is 14.4 Å². The third kappa shape index (κ3) is 4.55. The summed E-state index contributed by atoms with van der Waals surface area (Å²) in [6.45, 7) is 4.77. The first-order valence-corrected chi connectivity index (χ1v) is 9.72. The van der Waals surface area contributed by atoms with Crippen LogP contribution in [0.3, 0.4) is 0 Å². The van der Waals surface area contributed by atoms with Crippen molar-refractivity contribution in [1.82, 2.24) is 24.6 Å². The van der Waals surface area contributed by atoms with E-state index in [2.05, 4.69) is 15.1 Å². The summed E-state index contributed by atoms with van der Waals surface area (Å²) < 4.78 is 1.63. The predicted octanol–water partition coefficient (Wildman–Crippen LogP) is 1.56. The Kier molecular flexibility index (Phi) is 6.06. The maximum Gasteiger partial charge on any atom is 0.254 e. The molecule has 8 heteroatoms. The molecule has 0 spiro atoms. The van der Waals surface area contributed by atoms with Crippen LogP contribution < -0.4 is 5.56 Å². The molecule has 1 aliphatic rings. The van der Waals surface area contributed by atoms with E-state index in [-0.39, 0.29) is 23.2 Å². The van der Waals surface area contributed by atoms with Crippen molar-refractivity contribution in [2.24, 2.45) is 13.0 Å². The number of nitrogens with zero attached hydrogens (tertiary/aromatic N) is 4. The zero-order valence-corrected chi connectivity index (χ0v) is 16.7. The number of piperidine rings is 1. The first kappa shape index (κ1) is 20.0. The number of H-pyrrole nitrogens is 1. The average Bonchev–Trinajstić information content (AvgIpc) is 3.12. The van der Waals surface area contributed by atoms with E-state index >= 15 is 0 Å². The van der Waals surface area contributed by atoms with Crippen LogP contribution in [0, 0.1) is 19.8 Å². The number of hydrogen-bond donors (Lipinski definition) is 1. The van der Waals surface area contributed by atoms with Gasteiger partial charge in [0.15, 0.2) is 5.78 Å². The molecule has 3 heterocycles. The first-order chi connectivity index (χ1) is 13.3. The number of hydrogen-bond acceptors (Lipinski definition) is 5. The quantitative estimate of drug-likeness (QED) is 0.761. The van der Waals surface area contributed by atoms with Gasteiger partial charge in [0.1, 0.15) is 5.82 Å². The van der Waals surface area contributed by atoms with E-state index in [4.69, 9.17) is 0 Å². The number of carbonyl (C=O) groups is 2. The first-order valence-electron chi connectivity index (χ1n) is 9.72. The minimum Gasteiger partial charge on any atom is -0.343 e. The Morgan fingerprint density at radius 3 is 2.57 bits per heavy atom. The Morgan fingerprint density at radius 2 is 1.96 bits per heavy atom. The molecule has 2 aromatic heterocycles. The molecule has 1 saturated heterocycles. The summed E-state index contributed by atoms with van der Waals surface area (Å²) in [7, 11) is 1.79. The molecule has 0 saturated carbocycles. The van der Waals surface area contributed by atoms with Crippen molar-refractivity contribution in [2.75, 3.05) is 13.1 Å². The minimum absolute atomic E-state index is 0.0435. The number of amides is 1. The Balaban J connectivity index is 1.45. The van der Waals surface area contributed by atoms with Crippen LogP contribution in [0.15, 0.2) is 17.2 Å². The number of ketones is 1. The topological polar surface area (TPSA) is 101 Å². The van der Waals surface area contributed by atoms with Gasteiger partial charge in [-0.25, -0.2) is 4.98 Å². The SMILES string of the molecule is Cc1nc(CCCC(=O)N2CCC(C(=O)c3cnn(C)c3)CC2)[nH]c(=O)c1C. The minimum atomic E-state index is -0.116. The molecular formula is C20H27N5O3. The highest BCUT2D eigenvalue weighted by atomic mass is 16.2. The van der Waals surface area contributed by atoms with Crippen molar-refractivity contribution in [3.05, 3.63) is 45.4 Å². The second-order valence-corrected chi connectivity index (χ2v) is 7.50. The number of aryl methyl sites for hydroxylation is 3. The molecule has 1 aliphatic heterocycles. The molecule has 150 valence electrons. The van der Waals surface area contributed by atoms with Crippen LogP contribution in [0.4, 0.5) is 0 Å². The van der Waals surface area contributed by atoms with Gasteiger partial charge in [-0.15, -0.1) is 0 Å². The molecule has 0 unspecified atom stereocenters. The van der Waals surface area contributed by atoms with Gasteiger partial charge in [-0.3, -0.25) is 19.1 Å². The molecule has 0 bridgehead atoms. The van der Waals surface area contributed by atoms with Crippen molar-refractivity contribution in [3.8, 4) is 0 Å². The van der Waals surface area contributed by atoms with Crippen LogP contribution in [0.2, 0.25) is 0 Å². The number of nitrogens with one attached hydrogen (secondary N) is 1. The third-order valence-electron chi connectivity index (χ3n) is 5.46. The van der Waals surface area contributed by atoms with Gasteiger partial charge in [-0.2, -0.15) is 5.10 Å². The van der Waals surface area contributed by atoms with Crippen molar-refractivity contribution in [3.63, 3.8) is 0 Å². The van der Waals surface area contributed by atoms with E-state index in [1.165, 1.54) is 0 Å². The second-order valence-electron chi connectivity index (χ2n) is 7.50. The second kappa shape index (κ2) is 8.50. The zero-order valence-electron chi connectivity index (χ0n) is 16.7. The summed E-state index contributed by atoms with van der Waals surface area (Å²) in [5, 5.41) is 4.05. The van der Waals surface area contributed by atoms with Crippen LogP contribution in [0.5, 0.6) is 0 Å². The summed E-state index contributed by atoms with van der Waals surface area (Å²) >= 11 is 0. The van der Waals surface area contributed by atoms with Gasteiger partial charge in [0.25, 0.3) is 5.56 Å². The third-order valence-corrected chi connectivity index (χ3v) is 5.46. The summed E-state index contributed by atoms with van der Waals surface area (Å²) in [6, 6.07) is 0. The fourth-order valence-corrected chi connectivity index (χ4v) is 3.56. The monoisotopic (exact) mass is 385 g/mol. The normalized spacial score (nSPS) is 15.0. The fourth-order valence-electron chi connectivity index (χ4n) is 3.56. The predicted molar refractivity (Wildman–Crippen MR) is 104 cm³/mol. The molecule has 0 aliphatic carbocycles. The highest BCUT2D eigenvalue weighted by molar-refractivity contribution is 5.97. The van der Waals surface area contributed by atoms with Crippen LogP contribution in [0.1, 0.15) is 53.1 Å². The fraction of sp³-hybridized carbons (Fsp3) is 0.550. The van der Waals surface area contributed by atoms with Gasteiger partial charge < -0.3 is 9.88 Å². The van der Waals surface area contributed by atoms with Gasteiger partial charge in [-0.05, 0) is 33.1 Å². The molecule has 0 radical (unpaired) electrons. The van der Waals surface area contributed by atoms with Crippen LogP contribution in [-0.4, -0.2) is 49.4 Å². The Morgan fingerprint density at radius 1 is 1.25 bits per heavy atom. The number of Topliss-reactive ketones (excluding diaryl/α,β-unsaturated/α-hetero) is 1. The summed E-state index contributed by atoms with van der Waals surface area (Å²) in [5.41, 5.74) is 1.88. The molecular weight excluding hydrogens is 358 g/mol. The molecule has 1 N–H and O–H groups in total. The van der Waals surface area contributed by atoms with Gasteiger partial charge in [0.05, 0.1) is 11.8 Å². The van der Waals surface area contributed by atoms with Gasteiger partial charge in [0, 0.05) is 56.4 Å². The van der Waals surface area contributed by atoms with E-state index in [0.29, 0.717) is 62.1 Å². The summed E-state index contributed by atoms with van der Waals surface area (Å²) in [4.78, 5) is 45.7. The Labute approximate surface area is 164 Å². The molecule has 1 amide bonds. The van der Waals surface area contributed by atoms with Crippen LogP contribution in [-0.2, 0) is 18.3 Å². The number of likely N-dealkylation sites (tertiary alicyclic amines) is 1. The number of aromatic amines is 1. The van der Waals surface area contributed by atoms with Crippen LogP contribution in [0.25, 0.3) is 0 Å². The highest BCUT2D eigenvalue weighted by Gasteiger charge is 2.28. The van der Waals surface area contributed by atoms with Crippen molar-refractivity contribution >= 4 is 11.7 Å². The average molecular weight is 385 g/mol. The van der Waals surface area contributed by atoms with Gasteiger partial charge in [-0.1, -0.05) is 0 Å². The number of rotatable bonds is 6. The zero-order chi connectivity index (χ0) is 20.3. The van der Waals surface area contributed by atoms with Crippen molar-refractivity contribution in [1.29, 1.82) is 0 Å². The number of carbonyl (C=O) groups excluding carboxylic acids is 2. The molecule has 0 aromatic carbocycles. The Hall–Kier alpha value is -2.77. The van der Waals surface area contributed by atoms with Gasteiger partial charge >= 0.3 is 0 Å². The lowest BCUT2D eigenvalue weighted by molar-refractivity contribution is -0.132. The molecule has 8 nitrogen and oxygen atoms in total. The van der Waals surface area contributed by atoms with E-state index in [0.717, 1.165) is 5.69 Å². The molecule has 2 aromatic rings. The molecule has 0 atom stereocenters. The lowest BCUT2D eigenvalue weighted by Gasteiger charge is -2.31. The van der Waals surface area contributed by atoms with Crippen LogP contribution >= 0.6 is 0 Å². The molecule has 28 heavy (non-hydrogen) atoms. The molecule has 3 rings (SSSR count). The van der Waals surface area contributed by atoms with E-state index < -0.39 is 0 Å². The maximum atomic E-state index is 12.5. The maximum absolute atomic E-state index is 12.5. The summed E-state index contributed by atoms with van der Waals surface area (Å²) in [5.74, 6) is 0.795. The standard InChI is InChI=1S/C20H27N5O3/c1-13-14(2)22-17(23-20(13)28)5-4-6-18(26)25-9-7-15(8-10-25)19(27)16-11-21-24(3)12-16/h11-12,15H,4-10H2,1-3H3,(H,22,23,28). The van der Waals surface area contributed by atoms with E-state index in [1.807, 2.05) is 11.8 Å². The lowest BCUT2D eigenvalue weighted by Crippen LogP contribution is -2.40. The largest absolute Gasteiger partial charge is 0.343 e. The van der Waals surface area contributed by atoms with Crippen molar-refractivity contribution in [2.45, 2.75) is 46.0 Å². The molecule has 1 fully saturated rings. The van der Waals surface area contributed by atoms with E-state index in [1.54, 1.807) is 31.0 Å².